The van der Waals surface area contributed by atoms with Crippen molar-refractivity contribution in [2.45, 2.75) is 39.0 Å². The highest BCUT2D eigenvalue weighted by Crippen LogP contribution is 2.24. The van der Waals surface area contributed by atoms with Crippen LogP contribution >= 0.6 is 0 Å². The summed E-state index contributed by atoms with van der Waals surface area (Å²) in [5.74, 6) is 1.29. The van der Waals surface area contributed by atoms with E-state index >= 15 is 0 Å². The number of amides is 2. The molecule has 0 aromatic carbocycles. The van der Waals surface area contributed by atoms with Crippen molar-refractivity contribution in [1.82, 2.24) is 14.8 Å². The van der Waals surface area contributed by atoms with Gasteiger partial charge in [-0.3, -0.25) is 14.6 Å². The number of piperidine rings is 1. The highest BCUT2D eigenvalue weighted by atomic mass is 16.6. The molecule has 2 aliphatic rings. The van der Waals surface area contributed by atoms with Crippen molar-refractivity contribution in [3.63, 3.8) is 0 Å². The van der Waals surface area contributed by atoms with Crippen LogP contribution in [0.15, 0.2) is 35.9 Å². The molecule has 1 atom stereocenters. The van der Waals surface area contributed by atoms with Crippen molar-refractivity contribution in [1.29, 1.82) is 0 Å². The molecule has 0 aliphatic carbocycles. The first-order chi connectivity index (χ1) is 14.0. The maximum Gasteiger partial charge on any atom is 0.292 e. The van der Waals surface area contributed by atoms with E-state index in [9.17, 15) is 9.59 Å². The summed E-state index contributed by atoms with van der Waals surface area (Å²) in [5.41, 5.74) is 0.993. The van der Waals surface area contributed by atoms with E-state index in [-0.39, 0.29) is 11.8 Å². The number of pyridine rings is 1. The zero-order valence-corrected chi connectivity index (χ0v) is 17.4. The quantitative estimate of drug-likeness (QED) is 0.701. The van der Waals surface area contributed by atoms with Crippen LogP contribution in [0.1, 0.15) is 38.3 Å². The number of allylic oxidation sites excluding steroid dienone is 1. The number of aromatic nitrogens is 1. The molecule has 1 saturated heterocycles. The molecule has 3 heterocycles. The third-order valence-electron chi connectivity index (χ3n) is 5.59. The molecular formula is C22H31N3O4. The maximum absolute atomic E-state index is 12.8. The Morgan fingerprint density at radius 1 is 1.28 bits per heavy atom. The Morgan fingerprint density at radius 2 is 2.10 bits per heavy atom. The van der Waals surface area contributed by atoms with Crippen LogP contribution in [0, 0.1) is 5.92 Å². The van der Waals surface area contributed by atoms with Gasteiger partial charge in [-0.2, -0.15) is 0 Å². The van der Waals surface area contributed by atoms with Gasteiger partial charge >= 0.3 is 0 Å². The van der Waals surface area contributed by atoms with Gasteiger partial charge in [0.1, 0.15) is 19.0 Å². The van der Waals surface area contributed by atoms with Gasteiger partial charge in [0.05, 0.1) is 0 Å². The lowest BCUT2D eigenvalue weighted by atomic mass is 9.93. The summed E-state index contributed by atoms with van der Waals surface area (Å²) in [5, 5.41) is 0. The zero-order valence-electron chi connectivity index (χ0n) is 17.4. The lowest BCUT2D eigenvalue weighted by Gasteiger charge is -2.34. The largest absolute Gasteiger partial charge is 0.491 e. The molecule has 29 heavy (non-hydrogen) atoms. The van der Waals surface area contributed by atoms with Crippen LogP contribution in [-0.4, -0.2) is 66.5 Å². The molecular weight excluding hydrogens is 370 g/mol. The van der Waals surface area contributed by atoms with Crippen molar-refractivity contribution < 1.29 is 19.1 Å². The van der Waals surface area contributed by atoms with E-state index in [4.69, 9.17) is 9.47 Å². The highest BCUT2D eigenvalue weighted by Gasteiger charge is 2.29. The van der Waals surface area contributed by atoms with Gasteiger partial charge in [-0.05, 0) is 44.2 Å². The van der Waals surface area contributed by atoms with Crippen molar-refractivity contribution in [3.05, 3.63) is 41.6 Å². The number of rotatable bonds is 7. The maximum atomic E-state index is 12.8. The van der Waals surface area contributed by atoms with Crippen molar-refractivity contribution in [3.8, 4) is 0 Å². The number of hydrogen-bond acceptors (Lipinski definition) is 5. The van der Waals surface area contributed by atoms with Crippen LogP contribution in [-0.2, 0) is 25.5 Å². The standard InChI is InChI=1S/C22H31N3O4/c1-17-21(29-15-14-28-17)22(27)25-12-5-6-18(16-25)8-9-20(26)24(2)13-10-19-7-3-4-11-23-19/h3-4,7,11,18H,5-6,8-10,12-16H2,1-2H3/t18-/m1/s1. The third kappa shape index (κ3) is 5.95. The number of hydrogen-bond donors (Lipinski definition) is 0. The molecule has 0 N–H and O–H groups in total. The van der Waals surface area contributed by atoms with E-state index in [1.165, 1.54) is 0 Å². The fraction of sp³-hybridized carbons (Fsp3) is 0.591. The van der Waals surface area contributed by atoms with Gasteiger partial charge in [0.25, 0.3) is 5.91 Å². The Morgan fingerprint density at radius 3 is 2.86 bits per heavy atom. The average molecular weight is 402 g/mol. The predicted molar refractivity (Wildman–Crippen MR) is 109 cm³/mol. The molecule has 1 aromatic heterocycles. The second-order valence-electron chi connectivity index (χ2n) is 7.77. The van der Waals surface area contributed by atoms with E-state index in [1.54, 1.807) is 18.0 Å². The fourth-order valence-electron chi connectivity index (χ4n) is 3.82. The molecule has 0 spiro atoms. The minimum atomic E-state index is -0.0919. The van der Waals surface area contributed by atoms with E-state index in [0.717, 1.165) is 37.9 Å². The first-order valence-corrected chi connectivity index (χ1v) is 10.4. The number of carbonyl (C=O) groups is 2. The molecule has 1 fully saturated rings. The summed E-state index contributed by atoms with van der Waals surface area (Å²) in [4.78, 5) is 33.2. The summed E-state index contributed by atoms with van der Waals surface area (Å²) in [7, 11) is 1.84. The van der Waals surface area contributed by atoms with Gasteiger partial charge in [0.15, 0.2) is 0 Å². The van der Waals surface area contributed by atoms with Crippen molar-refractivity contribution in [2.24, 2.45) is 5.92 Å². The highest BCUT2D eigenvalue weighted by molar-refractivity contribution is 5.92. The van der Waals surface area contributed by atoms with Gasteiger partial charge in [0, 0.05) is 51.4 Å². The third-order valence-corrected chi connectivity index (χ3v) is 5.59. The van der Waals surface area contributed by atoms with E-state index in [2.05, 4.69) is 4.98 Å². The summed E-state index contributed by atoms with van der Waals surface area (Å²) in [6.07, 6.45) is 5.83. The van der Waals surface area contributed by atoms with E-state index < -0.39 is 0 Å². The molecule has 7 nitrogen and oxygen atoms in total. The first kappa shape index (κ1) is 21.1. The van der Waals surface area contributed by atoms with E-state index in [0.29, 0.717) is 50.2 Å². The first-order valence-electron chi connectivity index (χ1n) is 10.4. The molecule has 3 rings (SSSR count). The molecule has 0 radical (unpaired) electrons. The number of likely N-dealkylation sites (tertiary alicyclic amines) is 1. The average Bonchev–Trinajstić information content (AvgIpc) is 2.76. The Hall–Kier alpha value is -2.57. The number of likely N-dealkylation sites (N-methyl/N-ethyl adjacent to an activating group) is 1. The minimum Gasteiger partial charge on any atom is -0.491 e. The Balaban J connectivity index is 1.44. The number of nitrogens with zero attached hydrogens (tertiary/aromatic N) is 3. The van der Waals surface area contributed by atoms with Gasteiger partial charge in [-0.15, -0.1) is 0 Å². The summed E-state index contributed by atoms with van der Waals surface area (Å²) in [6.45, 7) is 4.73. The number of carbonyl (C=O) groups excluding carboxylic acids is 2. The van der Waals surface area contributed by atoms with Crippen LogP contribution in [0.5, 0.6) is 0 Å². The monoisotopic (exact) mass is 401 g/mol. The molecule has 158 valence electrons. The number of ether oxygens (including phenoxy) is 2. The van der Waals surface area contributed by atoms with Crippen molar-refractivity contribution in [2.75, 3.05) is 39.9 Å². The smallest absolute Gasteiger partial charge is 0.292 e. The lowest BCUT2D eigenvalue weighted by Crippen LogP contribution is -2.42. The van der Waals surface area contributed by atoms with Gasteiger partial charge < -0.3 is 19.3 Å². The Bertz CT molecular complexity index is 735. The van der Waals surface area contributed by atoms with E-state index in [1.807, 2.05) is 30.1 Å². The van der Waals surface area contributed by atoms with Gasteiger partial charge in [-0.1, -0.05) is 6.07 Å². The van der Waals surface area contributed by atoms with Crippen LogP contribution in [0.2, 0.25) is 0 Å². The molecule has 2 amide bonds. The second kappa shape index (κ2) is 10.3. The molecule has 0 bridgehead atoms. The SMILES string of the molecule is CC1=C(C(=O)N2CCC[C@H](CCC(=O)N(C)CCc3ccccn3)C2)OCCO1. The van der Waals surface area contributed by atoms with Gasteiger partial charge in [0.2, 0.25) is 11.7 Å². The molecule has 1 aromatic rings. The predicted octanol–water partition coefficient (Wildman–Crippen LogP) is 2.38. The molecule has 7 heteroatoms. The van der Waals surface area contributed by atoms with Crippen LogP contribution in [0.3, 0.4) is 0 Å². The fourth-order valence-corrected chi connectivity index (χ4v) is 3.82. The summed E-state index contributed by atoms with van der Waals surface area (Å²) in [6, 6.07) is 5.83. The van der Waals surface area contributed by atoms with Gasteiger partial charge in [-0.25, -0.2) is 0 Å². The van der Waals surface area contributed by atoms with Crippen LogP contribution < -0.4 is 0 Å². The second-order valence-corrected chi connectivity index (χ2v) is 7.77. The molecule has 0 unspecified atom stereocenters. The summed E-state index contributed by atoms with van der Waals surface area (Å²) >= 11 is 0. The van der Waals surface area contributed by atoms with Crippen LogP contribution in [0.4, 0.5) is 0 Å². The summed E-state index contributed by atoms with van der Waals surface area (Å²) < 4.78 is 11.0. The topological polar surface area (TPSA) is 72.0 Å². The molecule has 0 saturated carbocycles. The lowest BCUT2D eigenvalue weighted by molar-refractivity contribution is -0.134. The zero-order chi connectivity index (χ0) is 20.6. The minimum absolute atomic E-state index is 0.0919. The Kier molecular flexibility index (Phi) is 7.49. The normalized spacial score (nSPS) is 19.4. The van der Waals surface area contributed by atoms with Crippen molar-refractivity contribution >= 4 is 11.8 Å². The molecule has 2 aliphatic heterocycles. The van der Waals surface area contributed by atoms with Crippen LogP contribution in [0.25, 0.3) is 0 Å². The Labute approximate surface area is 172 Å².